The Labute approximate surface area is 139 Å². The maximum atomic E-state index is 10.8. The second-order valence-electron chi connectivity index (χ2n) is 5.58. The first kappa shape index (κ1) is 24.9. The highest BCUT2D eigenvalue weighted by Gasteiger charge is 2.42. The van der Waals surface area contributed by atoms with E-state index in [4.69, 9.17) is 0 Å². The largest absolute Gasteiger partial charge is 0.511 e. The van der Waals surface area contributed by atoms with Crippen LogP contribution in [0.3, 0.4) is 0 Å². The molecule has 0 rings (SSSR count). The van der Waals surface area contributed by atoms with Crippen molar-refractivity contribution in [2.45, 2.75) is 84.2 Å². The predicted molar refractivity (Wildman–Crippen MR) is 89.5 cm³/mol. The van der Waals surface area contributed by atoms with Crippen LogP contribution in [0.15, 0.2) is 0 Å². The Balaban J connectivity index is 0. The van der Waals surface area contributed by atoms with Crippen molar-refractivity contribution < 1.29 is 21.6 Å². The molecule has 0 fully saturated rings. The number of unbranched alkanes of at least 4 members (excludes halogenated alkanes) is 2. The molecule has 8 heteroatoms. The Bertz CT molecular complexity index is 365. The minimum atomic E-state index is -5.34. The van der Waals surface area contributed by atoms with Gasteiger partial charge in [0.15, 0.2) is 0 Å². The van der Waals surface area contributed by atoms with Gasteiger partial charge in [-0.1, -0.05) is 47.0 Å². The van der Waals surface area contributed by atoms with Crippen molar-refractivity contribution in [2.75, 3.05) is 13.1 Å². The van der Waals surface area contributed by atoms with Crippen LogP contribution >= 0.6 is 0 Å². The van der Waals surface area contributed by atoms with Gasteiger partial charge in [0.2, 0.25) is 0 Å². The van der Waals surface area contributed by atoms with Crippen LogP contribution in [-0.2, 0) is 10.0 Å². The van der Waals surface area contributed by atoms with E-state index in [0.29, 0.717) is 0 Å². The minimum Gasteiger partial charge on any atom is -0.300 e. The first-order valence-electron chi connectivity index (χ1n) is 8.38. The van der Waals surface area contributed by atoms with E-state index in [1.165, 1.54) is 58.0 Å². The summed E-state index contributed by atoms with van der Waals surface area (Å²) in [7, 11) is -5.34. The van der Waals surface area contributed by atoms with Crippen LogP contribution in [0.2, 0.25) is 0 Å². The van der Waals surface area contributed by atoms with Gasteiger partial charge in [0.1, 0.15) is 0 Å². The molecule has 0 bridgehead atoms. The summed E-state index contributed by atoms with van der Waals surface area (Å²) in [5, 5.41) is 3.66. The molecule has 0 heterocycles. The average molecular weight is 363 g/mol. The molecule has 0 saturated carbocycles. The number of hydrogen-bond acceptors (Lipinski definition) is 3. The molecule has 1 atom stereocenters. The van der Waals surface area contributed by atoms with Crippen molar-refractivity contribution in [1.29, 1.82) is 0 Å². The lowest BCUT2D eigenvalue weighted by Gasteiger charge is -2.31. The molecular formula is C15H33F3N2O2S. The summed E-state index contributed by atoms with van der Waals surface area (Å²) in [5.41, 5.74) is -5.31. The van der Waals surface area contributed by atoms with E-state index >= 15 is 0 Å². The van der Waals surface area contributed by atoms with Gasteiger partial charge in [-0.05, 0) is 38.8 Å². The van der Waals surface area contributed by atoms with Crippen LogP contribution in [0, 0.1) is 0 Å². The third-order valence-corrected chi connectivity index (χ3v) is 4.18. The number of nitrogens with two attached hydrogens (primary N) is 1. The third-order valence-electron chi connectivity index (χ3n) is 3.53. The van der Waals surface area contributed by atoms with Gasteiger partial charge in [-0.25, -0.2) is 13.6 Å². The smallest absolute Gasteiger partial charge is 0.300 e. The molecule has 0 aromatic carbocycles. The number of nitrogens with zero attached hydrogens (tertiary/aromatic N) is 1. The standard InChI is InChI=1S/C14H31N.CH2F3NO2S/c1-5-9-12-15(13-10-6-2)14(8-4)11-7-3;2-1(3,4)8(5,6)7/h14H,5-13H2,1-4H3;(H2,5,6,7). The second-order valence-corrected chi connectivity index (χ2v) is 7.14. The number of alkyl halides is 3. The monoisotopic (exact) mass is 362 g/mol. The van der Waals surface area contributed by atoms with Crippen LogP contribution in [0.5, 0.6) is 0 Å². The molecule has 0 aliphatic heterocycles. The topological polar surface area (TPSA) is 63.4 Å². The highest BCUT2D eigenvalue weighted by molar-refractivity contribution is 7.90. The van der Waals surface area contributed by atoms with E-state index in [2.05, 4.69) is 37.7 Å². The Hall–Kier alpha value is -0.340. The van der Waals surface area contributed by atoms with Crippen LogP contribution in [0.4, 0.5) is 13.2 Å². The fraction of sp³-hybridized carbons (Fsp3) is 1.00. The number of primary sulfonamides is 1. The molecular weight excluding hydrogens is 329 g/mol. The fourth-order valence-corrected chi connectivity index (χ4v) is 2.18. The van der Waals surface area contributed by atoms with E-state index in [1.807, 2.05) is 0 Å². The summed E-state index contributed by atoms with van der Waals surface area (Å²) in [6.45, 7) is 11.9. The molecule has 0 radical (unpaired) electrons. The van der Waals surface area contributed by atoms with Crippen molar-refractivity contribution in [1.82, 2.24) is 4.90 Å². The molecule has 142 valence electrons. The Morgan fingerprint density at radius 3 is 1.57 bits per heavy atom. The van der Waals surface area contributed by atoms with Gasteiger partial charge in [0.25, 0.3) is 0 Å². The Kier molecular flexibility index (Phi) is 14.1. The van der Waals surface area contributed by atoms with Gasteiger partial charge in [-0.15, -0.1) is 0 Å². The lowest BCUT2D eigenvalue weighted by Crippen LogP contribution is -2.36. The highest BCUT2D eigenvalue weighted by Crippen LogP contribution is 2.18. The third kappa shape index (κ3) is 12.7. The number of sulfonamides is 1. The van der Waals surface area contributed by atoms with E-state index < -0.39 is 15.5 Å². The average Bonchev–Trinajstić information content (AvgIpc) is 2.44. The summed E-state index contributed by atoms with van der Waals surface area (Å²) in [4.78, 5) is 2.73. The zero-order chi connectivity index (χ0) is 18.5. The van der Waals surface area contributed by atoms with Crippen molar-refractivity contribution in [2.24, 2.45) is 5.14 Å². The van der Waals surface area contributed by atoms with Gasteiger partial charge < -0.3 is 4.90 Å². The summed E-state index contributed by atoms with van der Waals surface area (Å²) in [6.07, 6.45) is 9.41. The lowest BCUT2D eigenvalue weighted by molar-refractivity contribution is -0.0436. The first-order valence-corrected chi connectivity index (χ1v) is 9.92. The van der Waals surface area contributed by atoms with Gasteiger partial charge >= 0.3 is 15.5 Å². The SMILES string of the molecule is CCCCN(CCCC)C(CC)CCC.NS(=O)(=O)C(F)(F)F. The van der Waals surface area contributed by atoms with E-state index in [-0.39, 0.29) is 0 Å². The van der Waals surface area contributed by atoms with E-state index in [1.54, 1.807) is 0 Å². The van der Waals surface area contributed by atoms with Crippen LogP contribution < -0.4 is 5.14 Å². The molecule has 0 aromatic heterocycles. The van der Waals surface area contributed by atoms with Gasteiger partial charge in [0, 0.05) is 6.04 Å². The molecule has 0 aromatic rings. The summed E-state index contributed by atoms with van der Waals surface area (Å²) >= 11 is 0. The summed E-state index contributed by atoms with van der Waals surface area (Å²) < 4.78 is 51.2. The molecule has 0 aliphatic rings. The maximum Gasteiger partial charge on any atom is 0.511 e. The number of rotatable bonds is 10. The van der Waals surface area contributed by atoms with Crippen molar-refractivity contribution >= 4 is 10.0 Å². The summed E-state index contributed by atoms with van der Waals surface area (Å²) in [6, 6.07) is 0.841. The van der Waals surface area contributed by atoms with Crippen molar-refractivity contribution in [3.8, 4) is 0 Å². The van der Waals surface area contributed by atoms with E-state index in [9.17, 15) is 21.6 Å². The Morgan fingerprint density at radius 2 is 1.35 bits per heavy atom. The molecule has 0 aliphatic carbocycles. The number of halogens is 3. The predicted octanol–water partition coefficient (Wildman–Crippen LogP) is 4.26. The molecule has 4 nitrogen and oxygen atoms in total. The van der Waals surface area contributed by atoms with Gasteiger partial charge in [-0.3, -0.25) is 0 Å². The number of hydrogen-bond donors (Lipinski definition) is 1. The molecule has 0 spiro atoms. The highest BCUT2D eigenvalue weighted by atomic mass is 32.2. The normalized spacial score (nSPS) is 13.6. The maximum absolute atomic E-state index is 10.8. The van der Waals surface area contributed by atoms with Crippen molar-refractivity contribution in [3.05, 3.63) is 0 Å². The fourth-order valence-electron chi connectivity index (χ4n) is 2.18. The second kappa shape index (κ2) is 13.0. The molecule has 0 saturated heterocycles. The zero-order valence-corrected chi connectivity index (χ0v) is 15.6. The zero-order valence-electron chi connectivity index (χ0n) is 14.8. The molecule has 23 heavy (non-hydrogen) atoms. The first-order chi connectivity index (χ1) is 10.5. The van der Waals surface area contributed by atoms with Crippen LogP contribution in [0.1, 0.15) is 72.6 Å². The van der Waals surface area contributed by atoms with Gasteiger partial charge in [-0.2, -0.15) is 13.2 Å². The quantitative estimate of drug-likeness (QED) is 0.631. The molecule has 0 amide bonds. The van der Waals surface area contributed by atoms with Crippen molar-refractivity contribution in [3.63, 3.8) is 0 Å². The Morgan fingerprint density at radius 1 is 0.957 bits per heavy atom. The lowest BCUT2D eigenvalue weighted by atomic mass is 10.1. The van der Waals surface area contributed by atoms with Gasteiger partial charge in [0.05, 0.1) is 0 Å². The molecule has 1 unspecified atom stereocenters. The van der Waals surface area contributed by atoms with Crippen LogP contribution in [-0.4, -0.2) is 38.0 Å². The summed E-state index contributed by atoms with van der Waals surface area (Å²) in [5.74, 6) is 0. The molecule has 2 N–H and O–H groups in total. The van der Waals surface area contributed by atoms with Crippen LogP contribution in [0.25, 0.3) is 0 Å². The minimum absolute atomic E-state index is 0.841. The van der Waals surface area contributed by atoms with E-state index in [0.717, 1.165) is 6.04 Å².